The van der Waals surface area contributed by atoms with Crippen LogP contribution in [0.5, 0.6) is 0 Å². The number of amides is 2. The van der Waals surface area contributed by atoms with E-state index in [2.05, 4.69) is 24.3 Å². The van der Waals surface area contributed by atoms with Crippen LogP contribution >= 0.6 is 0 Å². The molecule has 0 bridgehead atoms. The minimum absolute atomic E-state index is 0.117. The Bertz CT molecular complexity index is 844. The Morgan fingerprint density at radius 2 is 2.04 bits per heavy atom. The van der Waals surface area contributed by atoms with E-state index in [1.165, 1.54) is 0 Å². The first-order chi connectivity index (χ1) is 13.3. The van der Waals surface area contributed by atoms with Gasteiger partial charge in [0.15, 0.2) is 0 Å². The minimum Gasteiger partial charge on any atom is -0.360 e. The van der Waals surface area contributed by atoms with Gasteiger partial charge in [0, 0.05) is 19.5 Å². The fraction of sp³-hybridized carbons (Fsp3) is 0.500. The van der Waals surface area contributed by atoms with Crippen molar-refractivity contribution in [2.45, 2.75) is 59.0 Å². The lowest BCUT2D eigenvalue weighted by Gasteiger charge is -2.39. The predicted molar refractivity (Wildman–Crippen MR) is 107 cm³/mol. The molecule has 2 heterocycles. The van der Waals surface area contributed by atoms with Crippen LogP contribution in [0.3, 0.4) is 0 Å². The largest absolute Gasteiger partial charge is 0.360 e. The van der Waals surface area contributed by atoms with Gasteiger partial charge in [0.1, 0.15) is 16.9 Å². The molecule has 1 aliphatic heterocycles. The summed E-state index contributed by atoms with van der Waals surface area (Å²) in [6.45, 7) is 8.83. The molecule has 1 aliphatic rings. The van der Waals surface area contributed by atoms with Gasteiger partial charge in [-0.15, -0.1) is 0 Å². The molecule has 0 spiro atoms. The number of nitrogens with zero attached hydrogens (tertiary/aromatic N) is 2. The molecule has 0 fully saturated rings. The van der Waals surface area contributed by atoms with Crippen molar-refractivity contribution in [3.05, 3.63) is 52.9 Å². The summed E-state index contributed by atoms with van der Waals surface area (Å²) in [5.74, 6) is 0.756. The fourth-order valence-corrected chi connectivity index (χ4v) is 3.63. The SMILES string of the molecule is Cc1noc2c1C(=O)N(Cc1ccccc1)C(C)(C(=O)NCCC(C)C)CC2. The summed E-state index contributed by atoms with van der Waals surface area (Å²) in [7, 11) is 0. The zero-order valence-corrected chi connectivity index (χ0v) is 17.1. The highest BCUT2D eigenvalue weighted by Gasteiger charge is 2.46. The molecule has 1 aromatic heterocycles. The number of fused-ring (bicyclic) bond motifs is 1. The van der Waals surface area contributed by atoms with E-state index in [1.807, 2.05) is 37.3 Å². The van der Waals surface area contributed by atoms with Gasteiger partial charge in [0.05, 0.1) is 5.69 Å². The number of carbonyl (C=O) groups is 2. The van der Waals surface area contributed by atoms with Gasteiger partial charge in [-0.3, -0.25) is 9.59 Å². The Kier molecular flexibility index (Phi) is 5.87. The second-order valence-corrected chi connectivity index (χ2v) is 8.16. The molecule has 1 unspecified atom stereocenters. The summed E-state index contributed by atoms with van der Waals surface area (Å²) in [4.78, 5) is 28.4. The van der Waals surface area contributed by atoms with Gasteiger partial charge >= 0.3 is 0 Å². The Hall–Kier alpha value is -2.63. The quantitative estimate of drug-likeness (QED) is 0.828. The van der Waals surface area contributed by atoms with E-state index in [1.54, 1.807) is 11.8 Å². The van der Waals surface area contributed by atoms with E-state index in [9.17, 15) is 9.59 Å². The highest BCUT2D eigenvalue weighted by atomic mass is 16.5. The van der Waals surface area contributed by atoms with Crippen LogP contribution in [0.25, 0.3) is 0 Å². The molecule has 2 aromatic rings. The van der Waals surface area contributed by atoms with Crippen LogP contribution in [0, 0.1) is 12.8 Å². The van der Waals surface area contributed by atoms with Gasteiger partial charge < -0.3 is 14.7 Å². The van der Waals surface area contributed by atoms with E-state index in [-0.39, 0.29) is 11.8 Å². The highest BCUT2D eigenvalue weighted by molar-refractivity contribution is 6.01. The van der Waals surface area contributed by atoms with Crippen molar-refractivity contribution in [2.24, 2.45) is 5.92 Å². The van der Waals surface area contributed by atoms with Gasteiger partial charge in [-0.05, 0) is 38.2 Å². The van der Waals surface area contributed by atoms with Crippen LogP contribution in [-0.4, -0.2) is 34.0 Å². The number of aryl methyl sites for hydroxylation is 2. The van der Waals surface area contributed by atoms with Crippen LogP contribution in [0.1, 0.15) is 61.0 Å². The number of nitrogens with one attached hydrogen (secondary N) is 1. The van der Waals surface area contributed by atoms with E-state index in [4.69, 9.17) is 4.52 Å². The molecule has 1 atom stereocenters. The second-order valence-electron chi connectivity index (χ2n) is 8.16. The van der Waals surface area contributed by atoms with E-state index in [0.717, 1.165) is 12.0 Å². The number of rotatable bonds is 6. The van der Waals surface area contributed by atoms with Gasteiger partial charge in [0.2, 0.25) is 5.91 Å². The molecule has 0 saturated carbocycles. The number of carbonyl (C=O) groups excluding carboxylic acids is 2. The summed E-state index contributed by atoms with van der Waals surface area (Å²) in [6, 6.07) is 9.75. The minimum atomic E-state index is -0.960. The van der Waals surface area contributed by atoms with Crippen molar-refractivity contribution in [2.75, 3.05) is 6.54 Å². The van der Waals surface area contributed by atoms with Crippen LogP contribution in [0.4, 0.5) is 0 Å². The molecule has 6 heteroatoms. The first kappa shape index (κ1) is 20.1. The average Bonchev–Trinajstić information content (AvgIpc) is 2.99. The number of aromatic nitrogens is 1. The average molecular weight is 383 g/mol. The van der Waals surface area contributed by atoms with Crippen LogP contribution in [0.2, 0.25) is 0 Å². The van der Waals surface area contributed by atoms with Crippen LogP contribution < -0.4 is 5.32 Å². The molecule has 0 radical (unpaired) electrons. The molecule has 2 amide bonds. The van der Waals surface area contributed by atoms with Gasteiger partial charge in [-0.1, -0.05) is 49.3 Å². The van der Waals surface area contributed by atoms with Crippen molar-refractivity contribution in [3.63, 3.8) is 0 Å². The maximum absolute atomic E-state index is 13.5. The summed E-state index contributed by atoms with van der Waals surface area (Å²) >= 11 is 0. The normalized spacial score (nSPS) is 19.5. The van der Waals surface area contributed by atoms with Gasteiger partial charge in [-0.2, -0.15) is 0 Å². The smallest absolute Gasteiger partial charge is 0.260 e. The number of benzene rings is 1. The fourth-order valence-electron chi connectivity index (χ4n) is 3.63. The Morgan fingerprint density at radius 3 is 2.71 bits per heavy atom. The van der Waals surface area contributed by atoms with Gasteiger partial charge in [0.25, 0.3) is 5.91 Å². The molecular weight excluding hydrogens is 354 g/mol. The van der Waals surface area contributed by atoms with E-state index >= 15 is 0 Å². The van der Waals surface area contributed by atoms with Crippen LogP contribution in [-0.2, 0) is 17.8 Å². The third kappa shape index (κ3) is 3.96. The standard InChI is InChI=1S/C22H29N3O3/c1-15(2)11-13-23-21(27)22(4)12-10-18-19(16(3)24-28-18)20(26)25(22)14-17-8-6-5-7-9-17/h5-9,15H,10-14H2,1-4H3,(H,23,27). The Morgan fingerprint density at radius 1 is 1.32 bits per heavy atom. The zero-order chi connectivity index (χ0) is 20.3. The molecule has 3 rings (SSSR count). The topological polar surface area (TPSA) is 75.4 Å². The van der Waals surface area contributed by atoms with Crippen molar-refractivity contribution in [1.82, 2.24) is 15.4 Å². The maximum Gasteiger partial charge on any atom is 0.260 e. The number of hydrogen-bond acceptors (Lipinski definition) is 4. The number of hydrogen-bond donors (Lipinski definition) is 1. The monoisotopic (exact) mass is 383 g/mol. The molecule has 1 aromatic carbocycles. The van der Waals surface area contributed by atoms with E-state index < -0.39 is 5.54 Å². The molecule has 150 valence electrons. The lowest BCUT2D eigenvalue weighted by Crippen LogP contribution is -2.58. The molecule has 1 N–H and O–H groups in total. The second kappa shape index (κ2) is 8.17. The first-order valence-electron chi connectivity index (χ1n) is 9.92. The molecule has 0 aliphatic carbocycles. The lowest BCUT2D eigenvalue weighted by atomic mass is 9.92. The van der Waals surface area contributed by atoms with Crippen molar-refractivity contribution in [3.8, 4) is 0 Å². The highest BCUT2D eigenvalue weighted by Crippen LogP contribution is 2.33. The summed E-state index contributed by atoms with van der Waals surface area (Å²) in [6.07, 6.45) is 1.89. The predicted octanol–water partition coefficient (Wildman–Crippen LogP) is 3.49. The maximum atomic E-state index is 13.5. The molecule has 6 nitrogen and oxygen atoms in total. The Labute approximate surface area is 166 Å². The summed E-state index contributed by atoms with van der Waals surface area (Å²) in [5.41, 5.74) is 1.09. The van der Waals surface area contributed by atoms with Crippen LogP contribution in [0.15, 0.2) is 34.9 Å². The first-order valence-corrected chi connectivity index (χ1v) is 9.92. The van der Waals surface area contributed by atoms with E-state index in [0.29, 0.717) is 48.9 Å². The van der Waals surface area contributed by atoms with Gasteiger partial charge in [-0.25, -0.2) is 0 Å². The summed E-state index contributed by atoms with van der Waals surface area (Å²) in [5, 5.41) is 7.01. The van der Waals surface area contributed by atoms with Crippen molar-refractivity contribution >= 4 is 11.8 Å². The summed E-state index contributed by atoms with van der Waals surface area (Å²) < 4.78 is 5.39. The van der Waals surface area contributed by atoms with Crippen molar-refractivity contribution in [1.29, 1.82) is 0 Å². The zero-order valence-electron chi connectivity index (χ0n) is 17.1. The van der Waals surface area contributed by atoms with Crippen molar-refractivity contribution < 1.29 is 14.1 Å². The lowest BCUT2D eigenvalue weighted by molar-refractivity contribution is -0.132. The Balaban J connectivity index is 1.94. The molecule has 28 heavy (non-hydrogen) atoms. The molecular formula is C22H29N3O3. The third-order valence-electron chi connectivity index (χ3n) is 5.51. The molecule has 0 saturated heterocycles. The third-order valence-corrected chi connectivity index (χ3v) is 5.51.